The topological polar surface area (TPSA) is 21.3 Å². The van der Waals surface area contributed by atoms with Crippen molar-refractivity contribution in [3.63, 3.8) is 0 Å². The van der Waals surface area contributed by atoms with E-state index in [0.29, 0.717) is 6.04 Å². The van der Waals surface area contributed by atoms with Crippen LogP contribution in [0, 0.1) is 5.82 Å². The van der Waals surface area contributed by atoms with Crippen molar-refractivity contribution in [1.82, 2.24) is 5.32 Å². The van der Waals surface area contributed by atoms with Crippen molar-refractivity contribution in [2.24, 2.45) is 0 Å². The molecule has 3 rings (SSSR count). The fourth-order valence-corrected chi connectivity index (χ4v) is 4.64. The molecule has 1 aromatic rings. The van der Waals surface area contributed by atoms with E-state index in [1.54, 1.807) is 12.1 Å². The van der Waals surface area contributed by atoms with Crippen molar-refractivity contribution in [3.05, 3.63) is 35.6 Å². The minimum atomic E-state index is -0.132. The van der Waals surface area contributed by atoms with Crippen molar-refractivity contribution in [2.45, 2.75) is 82.3 Å². The predicted molar refractivity (Wildman–Crippen MR) is 96.8 cm³/mol. The lowest BCUT2D eigenvalue weighted by Gasteiger charge is -2.40. The van der Waals surface area contributed by atoms with Crippen molar-refractivity contribution in [2.75, 3.05) is 13.2 Å². The Balaban J connectivity index is 1.61. The normalized spacial score (nSPS) is 26.2. The lowest BCUT2D eigenvalue weighted by Crippen LogP contribution is -2.45. The Labute approximate surface area is 146 Å². The minimum absolute atomic E-state index is 0.00456. The molecule has 2 aliphatic rings. The SMILES string of the molecule is CC1(C)CC(NCCC2(c3ccc(F)cc3)CCCCC2)CCO1. The summed E-state index contributed by atoms with van der Waals surface area (Å²) in [5.41, 5.74) is 1.56. The molecule has 24 heavy (non-hydrogen) atoms. The van der Waals surface area contributed by atoms with Gasteiger partial charge in [-0.15, -0.1) is 0 Å². The van der Waals surface area contributed by atoms with Gasteiger partial charge in [-0.05, 0) is 75.6 Å². The molecule has 0 radical (unpaired) electrons. The molecule has 1 aliphatic carbocycles. The lowest BCUT2D eigenvalue weighted by atomic mass is 9.67. The van der Waals surface area contributed by atoms with E-state index in [4.69, 9.17) is 4.74 Å². The molecule has 1 saturated carbocycles. The Morgan fingerprint density at radius 1 is 1.12 bits per heavy atom. The highest BCUT2D eigenvalue weighted by molar-refractivity contribution is 5.26. The maximum Gasteiger partial charge on any atom is 0.123 e. The van der Waals surface area contributed by atoms with E-state index >= 15 is 0 Å². The number of ether oxygens (including phenoxy) is 1. The quantitative estimate of drug-likeness (QED) is 0.822. The van der Waals surface area contributed by atoms with Gasteiger partial charge < -0.3 is 10.1 Å². The van der Waals surface area contributed by atoms with Gasteiger partial charge in [0.25, 0.3) is 0 Å². The summed E-state index contributed by atoms with van der Waals surface area (Å²) >= 11 is 0. The van der Waals surface area contributed by atoms with Gasteiger partial charge in [0.15, 0.2) is 0 Å². The molecule has 2 fully saturated rings. The van der Waals surface area contributed by atoms with Crippen LogP contribution in [0.5, 0.6) is 0 Å². The standard InChI is InChI=1S/C21H32FNO/c1-20(2)16-19(10-15-24-20)23-14-13-21(11-4-3-5-12-21)17-6-8-18(22)9-7-17/h6-9,19,23H,3-5,10-16H2,1-2H3. The van der Waals surface area contributed by atoms with Crippen LogP contribution in [-0.2, 0) is 10.2 Å². The van der Waals surface area contributed by atoms with Gasteiger partial charge in [0.05, 0.1) is 5.60 Å². The van der Waals surface area contributed by atoms with Crippen molar-refractivity contribution in [3.8, 4) is 0 Å². The number of halogens is 1. The molecule has 3 heteroatoms. The van der Waals surface area contributed by atoms with Crippen LogP contribution in [0.1, 0.15) is 70.8 Å². The van der Waals surface area contributed by atoms with Gasteiger partial charge in [-0.3, -0.25) is 0 Å². The molecule has 2 nitrogen and oxygen atoms in total. The number of benzene rings is 1. The van der Waals surface area contributed by atoms with Crippen LogP contribution in [0.2, 0.25) is 0 Å². The van der Waals surface area contributed by atoms with E-state index in [0.717, 1.165) is 32.4 Å². The van der Waals surface area contributed by atoms with Gasteiger partial charge in [-0.25, -0.2) is 4.39 Å². The maximum absolute atomic E-state index is 13.3. The van der Waals surface area contributed by atoms with E-state index in [9.17, 15) is 4.39 Å². The summed E-state index contributed by atoms with van der Waals surface area (Å²) in [6.07, 6.45) is 9.73. The summed E-state index contributed by atoms with van der Waals surface area (Å²) in [6, 6.07) is 7.83. The third-order valence-corrected chi connectivity index (χ3v) is 6.00. The largest absolute Gasteiger partial charge is 0.375 e. The van der Waals surface area contributed by atoms with E-state index < -0.39 is 0 Å². The lowest BCUT2D eigenvalue weighted by molar-refractivity contribution is -0.0629. The Kier molecular flexibility index (Phi) is 5.61. The number of rotatable bonds is 5. The Hall–Kier alpha value is -0.930. The van der Waals surface area contributed by atoms with E-state index in [1.807, 2.05) is 12.1 Å². The molecular formula is C21H32FNO. The summed E-state index contributed by atoms with van der Waals surface area (Å²) in [6.45, 7) is 6.26. The zero-order valence-electron chi connectivity index (χ0n) is 15.2. The first-order valence-electron chi connectivity index (χ1n) is 9.63. The van der Waals surface area contributed by atoms with Crippen LogP contribution >= 0.6 is 0 Å². The molecule has 1 aliphatic heterocycles. The Bertz CT molecular complexity index is 519. The monoisotopic (exact) mass is 333 g/mol. The molecule has 134 valence electrons. The second kappa shape index (κ2) is 7.53. The van der Waals surface area contributed by atoms with E-state index in [2.05, 4.69) is 19.2 Å². The second-order valence-electron chi connectivity index (χ2n) is 8.35. The van der Waals surface area contributed by atoms with Crippen LogP contribution in [0.15, 0.2) is 24.3 Å². The smallest absolute Gasteiger partial charge is 0.123 e. The van der Waals surface area contributed by atoms with E-state index in [1.165, 1.54) is 37.7 Å². The first-order valence-corrected chi connectivity index (χ1v) is 9.63. The van der Waals surface area contributed by atoms with Gasteiger partial charge in [-0.2, -0.15) is 0 Å². The molecule has 0 bridgehead atoms. The molecule has 0 aromatic heterocycles. The van der Waals surface area contributed by atoms with Crippen LogP contribution in [0.3, 0.4) is 0 Å². The van der Waals surface area contributed by atoms with Crippen molar-refractivity contribution in [1.29, 1.82) is 0 Å². The average Bonchev–Trinajstić information content (AvgIpc) is 2.55. The third-order valence-electron chi connectivity index (χ3n) is 6.00. The molecule has 1 saturated heterocycles. The summed E-state index contributed by atoms with van der Waals surface area (Å²) in [5.74, 6) is -0.132. The third kappa shape index (κ3) is 4.37. The fourth-order valence-electron chi connectivity index (χ4n) is 4.64. The Morgan fingerprint density at radius 3 is 2.50 bits per heavy atom. The summed E-state index contributed by atoms with van der Waals surface area (Å²) in [4.78, 5) is 0. The first-order chi connectivity index (χ1) is 11.5. The number of hydrogen-bond donors (Lipinski definition) is 1. The minimum Gasteiger partial charge on any atom is -0.375 e. The molecule has 1 N–H and O–H groups in total. The zero-order valence-corrected chi connectivity index (χ0v) is 15.2. The zero-order chi connectivity index (χ0) is 17.0. The van der Waals surface area contributed by atoms with Crippen LogP contribution in [0.4, 0.5) is 4.39 Å². The highest BCUT2D eigenvalue weighted by Crippen LogP contribution is 2.42. The second-order valence-corrected chi connectivity index (χ2v) is 8.35. The average molecular weight is 333 g/mol. The van der Waals surface area contributed by atoms with Gasteiger partial charge in [0.2, 0.25) is 0 Å². The van der Waals surface area contributed by atoms with Crippen molar-refractivity contribution >= 4 is 0 Å². The van der Waals surface area contributed by atoms with E-state index in [-0.39, 0.29) is 16.8 Å². The fraction of sp³-hybridized carbons (Fsp3) is 0.714. The molecule has 1 atom stereocenters. The van der Waals surface area contributed by atoms with Gasteiger partial charge in [0.1, 0.15) is 5.82 Å². The maximum atomic E-state index is 13.3. The van der Waals surface area contributed by atoms with Gasteiger partial charge in [-0.1, -0.05) is 31.4 Å². The molecule has 1 unspecified atom stereocenters. The highest BCUT2D eigenvalue weighted by atomic mass is 19.1. The number of hydrogen-bond acceptors (Lipinski definition) is 2. The molecule has 0 amide bonds. The number of nitrogens with one attached hydrogen (secondary N) is 1. The summed E-state index contributed by atoms with van der Waals surface area (Å²) < 4.78 is 19.1. The predicted octanol–water partition coefficient (Wildman–Crippen LogP) is 4.96. The van der Waals surface area contributed by atoms with Gasteiger partial charge in [0, 0.05) is 12.6 Å². The molecule has 1 heterocycles. The van der Waals surface area contributed by atoms with Crippen LogP contribution in [0.25, 0.3) is 0 Å². The molecular weight excluding hydrogens is 301 g/mol. The summed E-state index contributed by atoms with van der Waals surface area (Å²) in [7, 11) is 0. The van der Waals surface area contributed by atoms with Gasteiger partial charge >= 0.3 is 0 Å². The van der Waals surface area contributed by atoms with Crippen LogP contribution in [-0.4, -0.2) is 24.8 Å². The van der Waals surface area contributed by atoms with Crippen LogP contribution < -0.4 is 5.32 Å². The Morgan fingerprint density at radius 2 is 1.83 bits per heavy atom. The summed E-state index contributed by atoms with van der Waals surface area (Å²) in [5, 5.41) is 3.78. The first kappa shape index (κ1) is 17.9. The highest BCUT2D eigenvalue weighted by Gasteiger charge is 2.34. The molecule has 1 aromatic carbocycles. The molecule has 0 spiro atoms. The van der Waals surface area contributed by atoms with Crippen molar-refractivity contribution < 1.29 is 9.13 Å².